The Kier molecular flexibility index (Phi) is 2.77. The topological polar surface area (TPSA) is 34.1 Å². The molecule has 1 aliphatic rings. The quantitative estimate of drug-likeness (QED) is 0.754. The molecular formula is C9H9ClO2S2. The minimum atomic E-state index is -3.39. The Morgan fingerprint density at radius 3 is 2.86 bits per heavy atom. The standard InChI is InChI=1S/C9H9ClO2S2/c10-14(11,12)6-7-5-13-9-4-2-1-3-8(7)9/h1-4,7H,5-6H2. The van der Waals surface area contributed by atoms with Crippen molar-refractivity contribution < 1.29 is 8.42 Å². The Labute approximate surface area is 92.1 Å². The van der Waals surface area contributed by atoms with E-state index in [2.05, 4.69) is 0 Å². The Morgan fingerprint density at radius 2 is 2.14 bits per heavy atom. The molecule has 76 valence electrons. The van der Waals surface area contributed by atoms with Gasteiger partial charge < -0.3 is 0 Å². The summed E-state index contributed by atoms with van der Waals surface area (Å²) in [5, 5.41) is 0. The third kappa shape index (κ3) is 2.24. The van der Waals surface area contributed by atoms with Crippen molar-refractivity contribution in [3.63, 3.8) is 0 Å². The van der Waals surface area contributed by atoms with Gasteiger partial charge in [-0.25, -0.2) is 8.42 Å². The normalized spacial score (nSPS) is 20.8. The van der Waals surface area contributed by atoms with Gasteiger partial charge in [0.1, 0.15) is 0 Å². The summed E-state index contributed by atoms with van der Waals surface area (Å²) in [4.78, 5) is 1.18. The molecule has 0 aromatic heterocycles. The van der Waals surface area contributed by atoms with E-state index >= 15 is 0 Å². The Hall–Kier alpha value is -0.190. The van der Waals surface area contributed by atoms with Gasteiger partial charge >= 0.3 is 0 Å². The van der Waals surface area contributed by atoms with E-state index in [-0.39, 0.29) is 11.7 Å². The molecule has 14 heavy (non-hydrogen) atoms. The summed E-state index contributed by atoms with van der Waals surface area (Å²) in [5.41, 5.74) is 1.11. The Morgan fingerprint density at radius 1 is 1.43 bits per heavy atom. The number of rotatable bonds is 2. The first-order valence-electron chi connectivity index (χ1n) is 4.20. The minimum Gasteiger partial charge on any atom is -0.212 e. The number of hydrogen-bond donors (Lipinski definition) is 0. The molecule has 1 heterocycles. The molecular weight excluding hydrogens is 240 g/mol. The van der Waals surface area contributed by atoms with E-state index in [0.29, 0.717) is 0 Å². The van der Waals surface area contributed by atoms with Crippen LogP contribution in [0.25, 0.3) is 0 Å². The number of thioether (sulfide) groups is 1. The van der Waals surface area contributed by atoms with Crippen LogP contribution >= 0.6 is 22.4 Å². The van der Waals surface area contributed by atoms with Gasteiger partial charge in [-0.15, -0.1) is 11.8 Å². The predicted molar refractivity (Wildman–Crippen MR) is 59.5 cm³/mol. The highest BCUT2D eigenvalue weighted by Gasteiger charge is 2.26. The Bertz CT molecular complexity index is 442. The monoisotopic (exact) mass is 248 g/mol. The summed E-state index contributed by atoms with van der Waals surface area (Å²) in [6, 6.07) is 7.88. The van der Waals surface area contributed by atoms with E-state index in [1.807, 2.05) is 24.3 Å². The molecule has 0 bridgehead atoms. The molecule has 0 fully saturated rings. The van der Waals surface area contributed by atoms with E-state index in [1.54, 1.807) is 11.8 Å². The Balaban J connectivity index is 2.27. The van der Waals surface area contributed by atoms with Gasteiger partial charge in [0.15, 0.2) is 0 Å². The maximum atomic E-state index is 11.0. The maximum Gasteiger partial charge on any atom is 0.233 e. The molecule has 1 aromatic carbocycles. The molecule has 0 saturated carbocycles. The van der Waals surface area contributed by atoms with Gasteiger partial charge in [-0.3, -0.25) is 0 Å². The lowest BCUT2D eigenvalue weighted by Crippen LogP contribution is -2.09. The third-order valence-corrected chi connectivity index (χ3v) is 4.63. The van der Waals surface area contributed by atoms with E-state index in [0.717, 1.165) is 11.3 Å². The SMILES string of the molecule is O=S(=O)(Cl)CC1CSc2ccccc21. The summed E-state index contributed by atoms with van der Waals surface area (Å²) < 4.78 is 21.9. The van der Waals surface area contributed by atoms with Crippen LogP contribution in [0.15, 0.2) is 29.2 Å². The molecule has 0 N–H and O–H groups in total. The van der Waals surface area contributed by atoms with Gasteiger partial charge in [-0.05, 0) is 11.6 Å². The highest BCUT2D eigenvalue weighted by Crippen LogP contribution is 2.40. The highest BCUT2D eigenvalue weighted by atomic mass is 35.7. The largest absolute Gasteiger partial charge is 0.233 e. The van der Waals surface area contributed by atoms with Crippen molar-refractivity contribution in [1.82, 2.24) is 0 Å². The van der Waals surface area contributed by atoms with Crippen LogP contribution in [0.3, 0.4) is 0 Å². The minimum absolute atomic E-state index is 0.0402. The fourth-order valence-corrected chi connectivity index (χ4v) is 4.25. The second kappa shape index (κ2) is 3.76. The lowest BCUT2D eigenvalue weighted by molar-refractivity contribution is 0.605. The molecule has 1 aromatic rings. The van der Waals surface area contributed by atoms with Crippen molar-refractivity contribution >= 4 is 31.5 Å². The number of hydrogen-bond acceptors (Lipinski definition) is 3. The van der Waals surface area contributed by atoms with Gasteiger partial charge in [-0.1, -0.05) is 18.2 Å². The van der Waals surface area contributed by atoms with E-state index < -0.39 is 9.05 Å². The summed E-state index contributed by atoms with van der Waals surface area (Å²) in [5.74, 6) is 0.905. The first-order valence-corrected chi connectivity index (χ1v) is 7.67. The van der Waals surface area contributed by atoms with E-state index in [1.165, 1.54) is 4.90 Å². The summed E-state index contributed by atoms with van der Waals surface area (Å²) in [6.45, 7) is 0. The average molecular weight is 249 g/mol. The molecule has 0 amide bonds. The zero-order chi connectivity index (χ0) is 10.2. The van der Waals surface area contributed by atoms with Crippen LogP contribution in [-0.2, 0) is 9.05 Å². The third-order valence-electron chi connectivity index (χ3n) is 2.20. The van der Waals surface area contributed by atoms with Crippen LogP contribution in [0.5, 0.6) is 0 Å². The van der Waals surface area contributed by atoms with Crippen LogP contribution < -0.4 is 0 Å². The van der Waals surface area contributed by atoms with Crippen molar-refractivity contribution in [3.05, 3.63) is 29.8 Å². The van der Waals surface area contributed by atoms with Gasteiger partial charge in [0.05, 0.1) is 5.75 Å². The summed E-state index contributed by atoms with van der Waals surface area (Å²) >= 11 is 1.69. The van der Waals surface area contributed by atoms with Gasteiger partial charge in [0.25, 0.3) is 0 Å². The molecule has 1 atom stereocenters. The second-order valence-electron chi connectivity index (χ2n) is 3.25. The molecule has 2 nitrogen and oxygen atoms in total. The molecule has 5 heteroatoms. The lowest BCUT2D eigenvalue weighted by Gasteiger charge is -2.06. The first kappa shape index (κ1) is 10.3. The zero-order valence-electron chi connectivity index (χ0n) is 7.31. The highest BCUT2D eigenvalue weighted by molar-refractivity contribution is 8.13. The van der Waals surface area contributed by atoms with E-state index in [9.17, 15) is 8.42 Å². The number of benzene rings is 1. The summed E-state index contributed by atoms with van der Waals surface area (Å²) in [7, 11) is 1.85. The molecule has 1 aliphatic heterocycles. The first-order chi connectivity index (χ1) is 6.56. The van der Waals surface area contributed by atoms with Crippen molar-refractivity contribution in [2.45, 2.75) is 10.8 Å². The second-order valence-corrected chi connectivity index (χ2v) is 7.13. The van der Waals surface area contributed by atoms with Crippen molar-refractivity contribution in [2.75, 3.05) is 11.5 Å². The number of fused-ring (bicyclic) bond motifs is 1. The van der Waals surface area contributed by atoms with Crippen molar-refractivity contribution in [2.24, 2.45) is 0 Å². The van der Waals surface area contributed by atoms with Gasteiger partial charge in [0.2, 0.25) is 9.05 Å². The average Bonchev–Trinajstić information content (AvgIpc) is 2.47. The predicted octanol–water partition coefficient (Wildman–Crippen LogP) is 2.44. The van der Waals surface area contributed by atoms with Crippen molar-refractivity contribution in [1.29, 1.82) is 0 Å². The van der Waals surface area contributed by atoms with Crippen LogP contribution in [-0.4, -0.2) is 19.9 Å². The number of halogens is 1. The van der Waals surface area contributed by atoms with Crippen LogP contribution in [0.1, 0.15) is 11.5 Å². The smallest absolute Gasteiger partial charge is 0.212 e. The van der Waals surface area contributed by atoms with Gasteiger partial charge in [-0.2, -0.15) is 0 Å². The molecule has 0 saturated heterocycles. The lowest BCUT2D eigenvalue weighted by atomic mass is 10.0. The van der Waals surface area contributed by atoms with Crippen LogP contribution in [0, 0.1) is 0 Å². The fourth-order valence-electron chi connectivity index (χ4n) is 1.61. The van der Waals surface area contributed by atoms with E-state index in [4.69, 9.17) is 10.7 Å². The fraction of sp³-hybridized carbons (Fsp3) is 0.333. The molecule has 1 unspecified atom stereocenters. The van der Waals surface area contributed by atoms with Crippen molar-refractivity contribution in [3.8, 4) is 0 Å². The van der Waals surface area contributed by atoms with Crippen LogP contribution in [0.2, 0.25) is 0 Å². The molecule has 2 rings (SSSR count). The molecule has 0 aliphatic carbocycles. The molecule has 0 radical (unpaired) electrons. The van der Waals surface area contributed by atoms with Crippen LogP contribution in [0.4, 0.5) is 0 Å². The maximum absolute atomic E-state index is 11.0. The zero-order valence-corrected chi connectivity index (χ0v) is 9.70. The molecule has 0 spiro atoms. The van der Waals surface area contributed by atoms with Gasteiger partial charge in [0, 0.05) is 27.2 Å². The summed E-state index contributed by atoms with van der Waals surface area (Å²) in [6.07, 6.45) is 0.